The highest BCUT2D eigenvalue weighted by Crippen LogP contribution is 2.27. The van der Waals surface area contributed by atoms with Gasteiger partial charge < -0.3 is 14.6 Å². The summed E-state index contributed by atoms with van der Waals surface area (Å²) in [7, 11) is 1.55. The Morgan fingerprint density at radius 1 is 1.35 bits per heavy atom. The smallest absolute Gasteiger partial charge is 0.244 e. The van der Waals surface area contributed by atoms with Crippen molar-refractivity contribution in [2.75, 3.05) is 13.7 Å². The van der Waals surface area contributed by atoms with Gasteiger partial charge in [0.25, 0.3) is 0 Å². The molecule has 2 atom stereocenters. The number of hydrogen-bond donors (Lipinski definition) is 1. The van der Waals surface area contributed by atoms with Gasteiger partial charge in [0, 0.05) is 6.07 Å². The van der Waals surface area contributed by atoms with Gasteiger partial charge in [0.2, 0.25) is 17.6 Å². The molecule has 0 radical (unpaired) electrons. The minimum Gasteiger partial charge on any atom is -0.480 e. The number of rotatable bonds is 3. The fraction of sp³-hybridized carbons (Fsp3) is 0.538. The molecule has 3 rings (SSSR count). The minimum absolute atomic E-state index is 0.131. The molecule has 20 heavy (non-hydrogen) atoms. The van der Waals surface area contributed by atoms with E-state index >= 15 is 0 Å². The Kier molecular flexibility index (Phi) is 3.60. The molecule has 0 aliphatic carbocycles. The SMILES string of the molecule is COc1ccc(-c2noc(C3CC(C)CCN3)n2)nn1. The molecule has 0 bridgehead atoms. The number of nitrogens with one attached hydrogen (secondary N) is 1. The zero-order valence-corrected chi connectivity index (χ0v) is 11.5. The Morgan fingerprint density at radius 2 is 2.25 bits per heavy atom. The third-order valence-electron chi connectivity index (χ3n) is 3.48. The molecule has 2 aromatic heterocycles. The van der Waals surface area contributed by atoms with Gasteiger partial charge in [-0.3, -0.25) is 0 Å². The lowest BCUT2D eigenvalue weighted by Gasteiger charge is -2.25. The van der Waals surface area contributed by atoms with Crippen LogP contribution in [0.2, 0.25) is 0 Å². The first-order valence-corrected chi connectivity index (χ1v) is 6.71. The summed E-state index contributed by atoms with van der Waals surface area (Å²) in [4.78, 5) is 4.41. The zero-order valence-electron chi connectivity index (χ0n) is 11.5. The van der Waals surface area contributed by atoms with Crippen molar-refractivity contribution in [1.82, 2.24) is 25.7 Å². The van der Waals surface area contributed by atoms with Crippen LogP contribution < -0.4 is 10.1 Å². The first-order valence-electron chi connectivity index (χ1n) is 6.71. The summed E-state index contributed by atoms with van der Waals surface area (Å²) in [6.07, 6.45) is 2.19. The second-order valence-corrected chi connectivity index (χ2v) is 5.05. The first kappa shape index (κ1) is 13.0. The molecule has 0 amide bonds. The summed E-state index contributed by atoms with van der Waals surface area (Å²) >= 11 is 0. The number of aromatic nitrogens is 4. The molecule has 3 heterocycles. The highest BCUT2D eigenvalue weighted by Gasteiger charge is 2.25. The lowest BCUT2D eigenvalue weighted by atomic mass is 9.94. The van der Waals surface area contributed by atoms with Gasteiger partial charge in [-0.25, -0.2) is 0 Å². The molecule has 1 saturated heterocycles. The van der Waals surface area contributed by atoms with Gasteiger partial charge in [0.05, 0.1) is 13.2 Å². The molecule has 7 heteroatoms. The average Bonchev–Trinajstić information content (AvgIpc) is 2.97. The van der Waals surface area contributed by atoms with Crippen LogP contribution in [0.5, 0.6) is 5.88 Å². The Balaban J connectivity index is 1.78. The van der Waals surface area contributed by atoms with Crippen molar-refractivity contribution in [2.24, 2.45) is 5.92 Å². The van der Waals surface area contributed by atoms with Crippen molar-refractivity contribution in [3.63, 3.8) is 0 Å². The normalized spacial score (nSPS) is 22.7. The summed E-state index contributed by atoms with van der Waals surface area (Å²) in [6, 6.07) is 3.61. The van der Waals surface area contributed by atoms with E-state index in [-0.39, 0.29) is 6.04 Å². The van der Waals surface area contributed by atoms with Gasteiger partial charge in [-0.2, -0.15) is 4.98 Å². The maximum absolute atomic E-state index is 5.34. The molecule has 106 valence electrons. The Bertz CT molecular complexity index is 568. The van der Waals surface area contributed by atoms with Crippen molar-refractivity contribution in [3.8, 4) is 17.4 Å². The molecule has 0 saturated carbocycles. The molecule has 7 nitrogen and oxygen atoms in total. The van der Waals surface area contributed by atoms with Crippen molar-refractivity contribution in [1.29, 1.82) is 0 Å². The number of nitrogens with zero attached hydrogens (tertiary/aromatic N) is 4. The molecule has 1 aliphatic rings. The Morgan fingerprint density at radius 3 is 2.95 bits per heavy atom. The monoisotopic (exact) mass is 275 g/mol. The van der Waals surface area contributed by atoms with Crippen molar-refractivity contribution in [3.05, 3.63) is 18.0 Å². The average molecular weight is 275 g/mol. The van der Waals surface area contributed by atoms with E-state index in [0.717, 1.165) is 13.0 Å². The zero-order chi connectivity index (χ0) is 13.9. The molecule has 0 aromatic carbocycles. The second kappa shape index (κ2) is 5.54. The van der Waals surface area contributed by atoms with E-state index in [4.69, 9.17) is 9.26 Å². The van der Waals surface area contributed by atoms with E-state index in [1.807, 2.05) is 0 Å². The highest BCUT2D eigenvalue weighted by atomic mass is 16.5. The summed E-state index contributed by atoms with van der Waals surface area (Å²) in [5.74, 6) is 2.19. The molecule has 2 unspecified atom stereocenters. The van der Waals surface area contributed by atoms with Gasteiger partial charge in [0.15, 0.2) is 0 Å². The summed E-state index contributed by atoms with van der Waals surface area (Å²) in [5, 5.41) is 15.3. The van der Waals surface area contributed by atoms with E-state index in [0.29, 0.717) is 29.2 Å². The van der Waals surface area contributed by atoms with Crippen molar-refractivity contribution in [2.45, 2.75) is 25.8 Å². The van der Waals surface area contributed by atoms with Gasteiger partial charge >= 0.3 is 0 Å². The number of piperidine rings is 1. The molecule has 2 aromatic rings. The van der Waals surface area contributed by atoms with Crippen LogP contribution in [0, 0.1) is 5.92 Å². The first-order chi connectivity index (χ1) is 9.76. The van der Waals surface area contributed by atoms with Crippen LogP contribution in [0.3, 0.4) is 0 Å². The van der Waals surface area contributed by atoms with E-state index in [9.17, 15) is 0 Å². The van der Waals surface area contributed by atoms with E-state index in [2.05, 4.69) is 32.6 Å². The second-order valence-electron chi connectivity index (χ2n) is 5.05. The molecular formula is C13H17N5O2. The van der Waals surface area contributed by atoms with E-state index in [1.165, 1.54) is 6.42 Å². The van der Waals surface area contributed by atoms with Gasteiger partial charge in [-0.05, 0) is 31.4 Å². The Labute approximate surface area is 116 Å². The van der Waals surface area contributed by atoms with E-state index in [1.54, 1.807) is 19.2 Å². The van der Waals surface area contributed by atoms with Crippen LogP contribution in [0.15, 0.2) is 16.7 Å². The highest BCUT2D eigenvalue weighted by molar-refractivity contribution is 5.47. The number of hydrogen-bond acceptors (Lipinski definition) is 7. The molecular weight excluding hydrogens is 258 g/mol. The number of methoxy groups -OCH3 is 1. The minimum atomic E-state index is 0.131. The van der Waals surface area contributed by atoms with Crippen molar-refractivity contribution >= 4 is 0 Å². The van der Waals surface area contributed by atoms with Crippen molar-refractivity contribution < 1.29 is 9.26 Å². The van der Waals surface area contributed by atoms with Gasteiger partial charge in [0.1, 0.15) is 5.69 Å². The molecule has 0 spiro atoms. The van der Waals surface area contributed by atoms with E-state index < -0.39 is 0 Å². The third kappa shape index (κ3) is 2.62. The number of ether oxygens (including phenoxy) is 1. The van der Waals surface area contributed by atoms with Crippen LogP contribution in [0.4, 0.5) is 0 Å². The standard InChI is InChI=1S/C13H17N5O2/c1-8-5-6-14-10(7-8)13-15-12(18-20-13)9-3-4-11(19-2)17-16-9/h3-4,8,10,14H,5-7H2,1-2H3. The van der Waals surface area contributed by atoms with Gasteiger partial charge in [-0.15, -0.1) is 10.2 Å². The largest absolute Gasteiger partial charge is 0.480 e. The Hall–Kier alpha value is -2.02. The summed E-state index contributed by atoms with van der Waals surface area (Å²) in [5.41, 5.74) is 0.574. The topological polar surface area (TPSA) is 86.0 Å². The van der Waals surface area contributed by atoms with Gasteiger partial charge in [-0.1, -0.05) is 12.1 Å². The molecule has 1 fully saturated rings. The van der Waals surface area contributed by atoms with Crippen LogP contribution in [0.1, 0.15) is 31.7 Å². The fourth-order valence-corrected chi connectivity index (χ4v) is 2.32. The molecule has 1 aliphatic heterocycles. The fourth-order valence-electron chi connectivity index (χ4n) is 2.32. The molecule has 1 N–H and O–H groups in total. The maximum atomic E-state index is 5.34. The van der Waals surface area contributed by atoms with Crippen LogP contribution in [-0.4, -0.2) is 34.0 Å². The lowest BCUT2D eigenvalue weighted by Crippen LogP contribution is -2.30. The van der Waals surface area contributed by atoms with Crippen LogP contribution >= 0.6 is 0 Å². The quantitative estimate of drug-likeness (QED) is 0.910. The third-order valence-corrected chi connectivity index (χ3v) is 3.48. The summed E-state index contributed by atoms with van der Waals surface area (Å²) < 4.78 is 10.3. The van der Waals surface area contributed by atoms with Crippen LogP contribution in [0.25, 0.3) is 11.5 Å². The predicted molar refractivity (Wildman–Crippen MR) is 71.0 cm³/mol. The lowest BCUT2D eigenvalue weighted by molar-refractivity contribution is 0.260. The van der Waals surface area contributed by atoms with Crippen LogP contribution in [-0.2, 0) is 0 Å². The maximum Gasteiger partial charge on any atom is 0.244 e. The summed E-state index contributed by atoms with van der Waals surface area (Å²) in [6.45, 7) is 3.21. The predicted octanol–water partition coefficient (Wildman–Crippen LogP) is 1.60.